The van der Waals surface area contributed by atoms with Crippen LogP contribution in [0.5, 0.6) is 0 Å². The van der Waals surface area contributed by atoms with Crippen molar-refractivity contribution in [2.24, 2.45) is 0 Å². The number of nitrogens with one attached hydrogen (secondary N) is 1. The van der Waals surface area contributed by atoms with Crippen molar-refractivity contribution >= 4 is 51.9 Å². The number of benzene rings is 1. The van der Waals surface area contributed by atoms with Crippen molar-refractivity contribution in [1.29, 1.82) is 0 Å². The number of rotatable bonds is 2. The van der Waals surface area contributed by atoms with Gasteiger partial charge in [-0.25, -0.2) is 0 Å². The van der Waals surface area contributed by atoms with Gasteiger partial charge in [0.2, 0.25) is 5.91 Å². The molecule has 1 saturated heterocycles. The van der Waals surface area contributed by atoms with Crippen molar-refractivity contribution in [3.8, 4) is 0 Å². The summed E-state index contributed by atoms with van der Waals surface area (Å²) in [6, 6.07) is 2.86. The molecule has 19 heavy (non-hydrogen) atoms. The number of imide groups is 1. The average Bonchev–Trinajstić information content (AvgIpc) is 2.95. The highest BCUT2D eigenvalue weighted by atomic mass is 35.5. The topological polar surface area (TPSA) is 75.2 Å². The van der Waals surface area contributed by atoms with E-state index < -0.39 is 6.04 Å². The van der Waals surface area contributed by atoms with E-state index in [2.05, 4.69) is 14.1 Å². The summed E-state index contributed by atoms with van der Waals surface area (Å²) >= 11 is 7.20. The average molecular weight is 297 g/mol. The van der Waals surface area contributed by atoms with Gasteiger partial charge in [-0.05, 0) is 12.1 Å². The van der Waals surface area contributed by atoms with E-state index in [0.717, 1.165) is 16.6 Å². The zero-order valence-electron chi connectivity index (χ0n) is 9.88. The number of hydrogen-bond acceptors (Lipinski definition) is 6. The van der Waals surface area contributed by atoms with Gasteiger partial charge in [0.15, 0.2) is 0 Å². The largest absolute Gasteiger partial charge is 0.370 e. The molecule has 0 spiro atoms. The fourth-order valence-electron chi connectivity index (χ4n) is 2.01. The highest BCUT2D eigenvalue weighted by Gasteiger charge is 2.36. The predicted molar refractivity (Wildman–Crippen MR) is 72.2 cm³/mol. The second kappa shape index (κ2) is 4.43. The van der Waals surface area contributed by atoms with Gasteiger partial charge in [-0.15, -0.1) is 0 Å². The predicted octanol–water partition coefficient (Wildman–Crippen LogP) is 1.51. The van der Waals surface area contributed by atoms with E-state index in [1.165, 1.54) is 7.05 Å². The summed E-state index contributed by atoms with van der Waals surface area (Å²) in [6.07, 6.45) is 0.125. The first-order valence-corrected chi connectivity index (χ1v) is 6.66. The summed E-state index contributed by atoms with van der Waals surface area (Å²) in [4.78, 5) is 24.5. The number of carbonyl (C=O) groups excluding carboxylic acids is 2. The summed E-state index contributed by atoms with van der Waals surface area (Å²) in [5.74, 6) is -0.469. The van der Waals surface area contributed by atoms with Crippen molar-refractivity contribution in [2.45, 2.75) is 12.5 Å². The molecule has 6 nitrogen and oxygen atoms in total. The lowest BCUT2D eigenvalue weighted by molar-refractivity contribution is -0.136. The highest BCUT2D eigenvalue weighted by molar-refractivity contribution is 7.00. The third kappa shape index (κ3) is 1.95. The Bertz CT molecular complexity index is 686. The molecule has 98 valence electrons. The number of hydrogen-bond donors (Lipinski definition) is 1. The lowest BCUT2D eigenvalue weighted by Crippen LogP contribution is -2.31. The van der Waals surface area contributed by atoms with Crippen molar-refractivity contribution in [3.05, 3.63) is 17.2 Å². The quantitative estimate of drug-likeness (QED) is 0.850. The molecule has 2 heterocycles. The number of nitrogens with zero attached hydrogens (tertiary/aromatic N) is 3. The minimum absolute atomic E-state index is 0.125. The maximum atomic E-state index is 11.9. The molecule has 1 aliphatic heterocycles. The van der Waals surface area contributed by atoms with E-state index in [9.17, 15) is 9.59 Å². The fraction of sp³-hybridized carbons (Fsp3) is 0.273. The van der Waals surface area contributed by atoms with Crippen molar-refractivity contribution < 1.29 is 9.59 Å². The summed E-state index contributed by atoms with van der Waals surface area (Å²) < 4.78 is 8.27. The number of likely N-dealkylation sites (N-methyl/N-ethyl adjacent to an activating group) is 1. The maximum Gasteiger partial charge on any atom is 0.251 e. The molecule has 1 aromatic carbocycles. The molecule has 1 unspecified atom stereocenters. The van der Waals surface area contributed by atoms with E-state index in [0.29, 0.717) is 21.7 Å². The monoisotopic (exact) mass is 296 g/mol. The zero-order valence-corrected chi connectivity index (χ0v) is 11.5. The van der Waals surface area contributed by atoms with Gasteiger partial charge in [-0.3, -0.25) is 14.5 Å². The molecule has 1 N–H and O–H groups in total. The summed E-state index contributed by atoms with van der Waals surface area (Å²) in [5.41, 5.74) is 1.88. The van der Waals surface area contributed by atoms with Gasteiger partial charge in [0, 0.05) is 7.05 Å². The number of anilines is 1. The molecule has 2 aromatic rings. The van der Waals surface area contributed by atoms with Crippen LogP contribution in [-0.2, 0) is 9.59 Å². The second-order valence-electron chi connectivity index (χ2n) is 4.25. The standard InChI is InChI=1S/C11H9ClN4O2S/c1-16-8(17)4-7(11(16)18)13-9-5(12)2-3-6-10(9)15-19-14-6/h2-3,7,13H,4H2,1H3. The molecule has 0 saturated carbocycles. The molecule has 0 bridgehead atoms. The molecular formula is C11H9ClN4O2S. The summed E-state index contributed by atoms with van der Waals surface area (Å²) in [7, 11) is 1.47. The van der Waals surface area contributed by atoms with Gasteiger partial charge in [-0.2, -0.15) is 8.75 Å². The van der Waals surface area contributed by atoms with Crippen LogP contribution in [0.4, 0.5) is 5.69 Å². The van der Waals surface area contributed by atoms with Gasteiger partial charge in [0.1, 0.15) is 17.1 Å². The van der Waals surface area contributed by atoms with E-state index in [1.54, 1.807) is 12.1 Å². The van der Waals surface area contributed by atoms with Gasteiger partial charge < -0.3 is 5.32 Å². The number of likely N-dealkylation sites (tertiary alicyclic amines) is 1. The molecule has 3 rings (SSSR count). The van der Waals surface area contributed by atoms with Crippen LogP contribution in [0.15, 0.2) is 12.1 Å². The molecule has 0 radical (unpaired) electrons. The van der Waals surface area contributed by atoms with Crippen molar-refractivity contribution in [3.63, 3.8) is 0 Å². The Morgan fingerprint density at radius 2 is 2.21 bits per heavy atom. The fourth-order valence-corrected chi connectivity index (χ4v) is 2.76. The molecule has 1 fully saturated rings. The van der Waals surface area contributed by atoms with Crippen LogP contribution in [0, 0.1) is 0 Å². The minimum atomic E-state index is -0.595. The Morgan fingerprint density at radius 1 is 1.42 bits per heavy atom. The first-order valence-electron chi connectivity index (χ1n) is 5.55. The smallest absolute Gasteiger partial charge is 0.251 e. The Kier molecular flexibility index (Phi) is 2.87. The van der Waals surface area contributed by atoms with Crippen LogP contribution in [0.1, 0.15) is 6.42 Å². The van der Waals surface area contributed by atoms with Gasteiger partial charge in [0.25, 0.3) is 5.91 Å². The maximum absolute atomic E-state index is 11.9. The lowest BCUT2D eigenvalue weighted by atomic mass is 10.2. The van der Waals surface area contributed by atoms with Crippen LogP contribution in [0.2, 0.25) is 5.02 Å². The number of fused-ring (bicyclic) bond motifs is 1. The number of aromatic nitrogens is 2. The number of halogens is 1. The molecular weight excluding hydrogens is 288 g/mol. The van der Waals surface area contributed by atoms with Crippen LogP contribution in [-0.4, -0.2) is 38.6 Å². The van der Waals surface area contributed by atoms with Gasteiger partial charge >= 0.3 is 0 Å². The van der Waals surface area contributed by atoms with Crippen molar-refractivity contribution in [1.82, 2.24) is 13.6 Å². The Labute approximate surface area is 117 Å². The minimum Gasteiger partial charge on any atom is -0.370 e. The third-order valence-corrected chi connectivity index (χ3v) is 3.93. The Morgan fingerprint density at radius 3 is 2.89 bits per heavy atom. The highest BCUT2D eigenvalue weighted by Crippen LogP contribution is 2.31. The first-order chi connectivity index (χ1) is 9.08. The van der Waals surface area contributed by atoms with E-state index in [-0.39, 0.29) is 18.2 Å². The summed E-state index contributed by atoms with van der Waals surface area (Å²) in [5, 5.41) is 3.46. The Balaban J connectivity index is 1.98. The Hall–Kier alpha value is -1.73. The molecule has 1 aliphatic rings. The normalized spacial score (nSPS) is 19.5. The summed E-state index contributed by atoms with van der Waals surface area (Å²) in [6.45, 7) is 0. The van der Waals surface area contributed by atoms with Gasteiger partial charge in [0.05, 0.1) is 28.9 Å². The molecule has 2 amide bonds. The first kappa shape index (κ1) is 12.3. The van der Waals surface area contributed by atoms with E-state index in [1.807, 2.05) is 0 Å². The number of carbonyl (C=O) groups is 2. The lowest BCUT2D eigenvalue weighted by Gasteiger charge is -2.13. The third-order valence-electron chi connectivity index (χ3n) is 3.08. The van der Waals surface area contributed by atoms with E-state index >= 15 is 0 Å². The van der Waals surface area contributed by atoms with Crippen LogP contribution in [0.25, 0.3) is 11.0 Å². The van der Waals surface area contributed by atoms with Crippen LogP contribution >= 0.6 is 23.3 Å². The van der Waals surface area contributed by atoms with Crippen LogP contribution in [0.3, 0.4) is 0 Å². The van der Waals surface area contributed by atoms with E-state index in [4.69, 9.17) is 11.6 Å². The van der Waals surface area contributed by atoms with Crippen LogP contribution < -0.4 is 5.32 Å². The number of amides is 2. The molecule has 8 heteroatoms. The SMILES string of the molecule is CN1C(=O)CC(Nc2c(Cl)ccc3nsnc23)C1=O. The molecule has 1 aromatic heterocycles. The molecule has 1 atom stereocenters. The van der Waals surface area contributed by atoms with Gasteiger partial charge in [-0.1, -0.05) is 11.6 Å². The zero-order chi connectivity index (χ0) is 13.6. The van der Waals surface area contributed by atoms with Crippen molar-refractivity contribution in [2.75, 3.05) is 12.4 Å². The second-order valence-corrected chi connectivity index (χ2v) is 5.18. The molecule has 0 aliphatic carbocycles.